The molecule has 0 aliphatic carbocycles. The van der Waals surface area contributed by atoms with E-state index in [1.807, 2.05) is 30.3 Å². The summed E-state index contributed by atoms with van der Waals surface area (Å²) in [6, 6.07) is 22.4. The second-order valence-electron chi connectivity index (χ2n) is 10.3. The van der Waals surface area contributed by atoms with Gasteiger partial charge in [0.2, 0.25) is 0 Å². The van der Waals surface area contributed by atoms with Crippen LogP contribution in [0.4, 0.5) is 8.78 Å². The molecule has 2 aromatic heterocycles. The second-order valence-corrected chi connectivity index (χ2v) is 10.3. The summed E-state index contributed by atoms with van der Waals surface area (Å²) in [6.45, 7) is 3.64. The van der Waals surface area contributed by atoms with Gasteiger partial charge in [0, 0.05) is 16.7 Å². The number of ether oxygens (including phenoxy) is 2. The number of halogens is 2. The Morgan fingerprint density at radius 1 is 0.698 bits per heavy atom. The smallest absolute Gasteiger partial charge is 0.340 e. The van der Waals surface area contributed by atoms with Crippen molar-refractivity contribution in [2.45, 2.75) is 26.4 Å². The van der Waals surface area contributed by atoms with Crippen LogP contribution in [0.15, 0.2) is 103 Å². The highest BCUT2D eigenvalue weighted by Crippen LogP contribution is 2.40. The first-order chi connectivity index (χ1) is 20.7. The predicted octanol–water partition coefficient (Wildman–Crippen LogP) is 7.56. The van der Waals surface area contributed by atoms with Gasteiger partial charge in [0.25, 0.3) is 0 Å². The van der Waals surface area contributed by atoms with E-state index in [0.29, 0.717) is 39.0 Å². The van der Waals surface area contributed by atoms with Gasteiger partial charge >= 0.3 is 11.3 Å². The zero-order valence-corrected chi connectivity index (χ0v) is 23.6. The van der Waals surface area contributed by atoms with Crippen molar-refractivity contribution in [1.29, 1.82) is 0 Å². The molecule has 0 saturated heterocycles. The van der Waals surface area contributed by atoms with E-state index in [1.54, 1.807) is 32.0 Å². The van der Waals surface area contributed by atoms with Gasteiger partial charge in [-0.1, -0.05) is 36.4 Å². The van der Waals surface area contributed by atoms with Gasteiger partial charge in [-0.05, 0) is 84.6 Å². The van der Waals surface area contributed by atoms with Crippen molar-refractivity contribution >= 4 is 21.9 Å². The first-order valence-corrected chi connectivity index (χ1v) is 13.6. The van der Waals surface area contributed by atoms with Crippen LogP contribution in [0.25, 0.3) is 21.9 Å². The summed E-state index contributed by atoms with van der Waals surface area (Å²) in [6.07, 6.45) is 0. The van der Waals surface area contributed by atoms with E-state index >= 15 is 0 Å². The van der Waals surface area contributed by atoms with Gasteiger partial charge in [-0.2, -0.15) is 0 Å². The zero-order valence-electron chi connectivity index (χ0n) is 23.6. The largest absolute Gasteiger partial charge is 0.493 e. The summed E-state index contributed by atoms with van der Waals surface area (Å²) in [4.78, 5) is 27.3. The van der Waals surface area contributed by atoms with E-state index in [9.17, 15) is 18.4 Å². The van der Waals surface area contributed by atoms with Crippen molar-refractivity contribution in [1.82, 2.24) is 0 Å². The van der Waals surface area contributed by atoms with Crippen LogP contribution in [-0.2, 0) is 6.61 Å². The van der Waals surface area contributed by atoms with Crippen LogP contribution < -0.4 is 20.7 Å². The molecule has 0 amide bonds. The fourth-order valence-corrected chi connectivity index (χ4v) is 5.54. The summed E-state index contributed by atoms with van der Waals surface area (Å²) in [5, 5.41) is 0.756. The third-order valence-corrected chi connectivity index (χ3v) is 7.68. The molecule has 6 aromatic rings. The van der Waals surface area contributed by atoms with Gasteiger partial charge in [0.05, 0.1) is 18.2 Å². The van der Waals surface area contributed by atoms with E-state index in [-0.39, 0.29) is 28.9 Å². The van der Waals surface area contributed by atoms with Crippen LogP contribution in [0.1, 0.15) is 39.3 Å². The third kappa shape index (κ3) is 5.16. The van der Waals surface area contributed by atoms with Crippen molar-refractivity contribution in [3.8, 4) is 11.5 Å². The van der Waals surface area contributed by atoms with Crippen LogP contribution in [-0.4, -0.2) is 7.11 Å². The molecule has 0 saturated carbocycles. The lowest BCUT2D eigenvalue weighted by molar-refractivity contribution is 0.284. The minimum Gasteiger partial charge on any atom is -0.493 e. The highest BCUT2D eigenvalue weighted by atomic mass is 19.1. The van der Waals surface area contributed by atoms with Gasteiger partial charge in [0.15, 0.2) is 11.5 Å². The van der Waals surface area contributed by atoms with Crippen molar-refractivity contribution < 1.29 is 27.1 Å². The van der Waals surface area contributed by atoms with Crippen molar-refractivity contribution in [3.05, 3.63) is 151 Å². The molecule has 0 aliphatic heterocycles. The monoisotopic (exact) mass is 580 g/mol. The van der Waals surface area contributed by atoms with Crippen LogP contribution in [0.3, 0.4) is 0 Å². The fraction of sp³-hybridized carbons (Fsp3) is 0.143. The number of fused-ring (bicyclic) bond motifs is 2. The maximum Gasteiger partial charge on any atom is 0.340 e. The van der Waals surface area contributed by atoms with Crippen LogP contribution in [0, 0.1) is 25.5 Å². The molecule has 0 bridgehead atoms. The van der Waals surface area contributed by atoms with E-state index in [0.717, 1.165) is 5.56 Å². The molecule has 0 aliphatic rings. The molecule has 8 heteroatoms. The molecule has 0 unspecified atom stereocenters. The predicted molar refractivity (Wildman–Crippen MR) is 159 cm³/mol. The molecule has 6 rings (SSSR count). The molecule has 6 nitrogen and oxygen atoms in total. The Bertz CT molecular complexity index is 2010. The summed E-state index contributed by atoms with van der Waals surface area (Å²) < 4.78 is 51.6. The van der Waals surface area contributed by atoms with Gasteiger partial charge in [-0.3, -0.25) is 0 Å². The molecule has 0 N–H and O–H groups in total. The Kier molecular flexibility index (Phi) is 7.27. The molecule has 43 heavy (non-hydrogen) atoms. The Labute approximate surface area is 244 Å². The normalized spacial score (nSPS) is 11.4. The van der Waals surface area contributed by atoms with Crippen LogP contribution in [0.2, 0.25) is 0 Å². The molecule has 4 aromatic carbocycles. The van der Waals surface area contributed by atoms with E-state index in [2.05, 4.69) is 0 Å². The number of hydrogen-bond donors (Lipinski definition) is 0. The lowest BCUT2D eigenvalue weighted by atomic mass is 9.81. The van der Waals surface area contributed by atoms with Crippen molar-refractivity contribution in [2.75, 3.05) is 7.11 Å². The highest BCUT2D eigenvalue weighted by Gasteiger charge is 2.31. The molecule has 0 fully saturated rings. The summed E-state index contributed by atoms with van der Waals surface area (Å²) >= 11 is 0. The number of methoxy groups -OCH3 is 1. The van der Waals surface area contributed by atoms with E-state index in [1.165, 1.54) is 43.5 Å². The third-order valence-electron chi connectivity index (χ3n) is 7.68. The lowest BCUT2D eigenvalue weighted by Gasteiger charge is -2.22. The Hall–Kier alpha value is -5.24. The lowest BCUT2D eigenvalue weighted by Crippen LogP contribution is -2.23. The van der Waals surface area contributed by atoms with Gasteiger partial charge in [-0.25, -0.2) is 18.4 Å². The number of rotatable bonds is 7. The van der Waals surface area contributed by atoms with Crippen LogP contribution in [0.5, 0.6) is 11.5 Å². The van der Waals surface area contributed by atoms with Crippen molar-refractivity contribution in [2.24, 2.45) is 0 Å². The number of hydrogen-bond acceptors (Lipinski definition) is 6. The highest BCUT2D eigenvalue weighted by molar-refractivity contribution is 5.83. The van der Waals surface area contributed by atoms with E-state index in [4.69, 9.17) is 18.3 Å². The summed E-state index contributed by atoms with van der Waals surface area (Å²) in [7, 11) is 1.49. The molecule has 0 atom stereocenters. The molecule has 216 valence electrons. The Morgan fingerprint density at radius 2 is 1.26 bits per heavy atom. The quantitative estimate of drug-likeness (QED) is 0.181. The number of aryl methyl sites for hydroxylation is 2. The topological polar surface area (TPSA) is 78.9 Å². The van der Waals surface area contributed by atoms with E-state index < -0.39 is 28.8 Å². The van der Waals surface area contributed by atoms with Gasteiger partial charge in [-0.15, -0.1) is 0 Å². The van der Waals surface area contributed by atoms with Gasteiger partial charge in [0.1, 0.15) is 29.4 Å². The SMILES string of the molecule is COc1cc(C(c2c(C)c3cc(F)ccc3oc2=O)c2c(C)c3cc(F)ccc3oc2=O)ccc1OCc1ccccc1. The minimum atomic E-state index is -1.04. The summed E-state index contributed by atoms with van der Waals surface area (Å²) in [5.41, 5.74) is 1.53. The maximum atomic E-state index is 14.3. The molecule has 0 spiro atoms. The fourth-order valence-electron chi connectivity index (χ4n) is 5.54. The first-order valence-electron chi connectivity index (χ1n) is 13.6. The molecule has 0 radical (unpaired) electrons. The standard InChI is InChI=1S/C35H26F2O6/c1-19-25-16-23(36)10-13-27(25)42-34(38)31(19)33(32-20(2)26-17-24(37)11-14-28(26)43-35(32)39)22-9-12-29(30(15-22)40-3)41-18-21-7-5-4-6-8-21/h4-17,33H,18H2,1-3H3. The first kappa shape index (κ1) is 27.9. The zero-order chi connectivity index (χ0) is 30.2. The van der Waals surface area contributed by atoms with Crippen molar-refractivity contribution in [3.63, 3.8) is 0 Å². The molecular formula is C35H26F2O6. The summed E-state index contributed by atoms with van der Waals surface area (Å²) in [5.74, 6) is -1.25. The van der Waals surface area contributed by atoms with Crippen LogP contribution >= 0.6 is 0 Å². The molecular weight excluding hydrogens is 554 g/mol. The molecule has 2 heterocycles. The average Bonchev–Trinajstić information content (AvgIpc) is 3.00. The Morgan fingerprint density at radius 3 is 1.79 bits per heavy atom. The maximum absolute atomic E-state index is 14.3. The number of benzene rings is 4. The minimum absolute atomic E-state index is 0.115. The van der Waals surface area contributed by atoms with Gasteiger partial charge < -0.3 is 18.3 Å². The second kappa shape index (κ2) is 11.2. The average molecular weight is 581 g/mol. The Balaban J connectivity index is 1.59.